The van der Waals surface area contributed by atoms with Crippen LogP contribution in [0, 0.1) is 0 Å². The summed E-state index contributed by atoms with van der Waals surface area (Å²) in [5, 5.41) is 31.8. The van der Waals surface area contributed by atoms with Gasteiger partial charge in [0.1, 0.15) is 25.0 Å². The van der Waals surface area contributed by atoms with Crippen molar-refractivity contribution in [1.82, 2.24) is 15.2 Å². The van der Waals surface area contributed by atoms with E-state index in [4.69, 9.17) is 27.9 Å². The Balaban J connectivity index is 2.12. The maximum Gasteiger partial charge on any atom is 0.327 e. The van der Waals surface area contributed by atoms with Crippen LogP contribution in [0.15, 0.2) is 0 Å². The lowest BCUT2D eigenvalue weighted by Crippen LogP contribution is -2.65. The minimum absolute atomic E-state index is 0.0583. The fourth-order valence-electron chi connectivity index (χ4n) is 1.86. The van der Waals surface area contributed by atoms with Gasteiger partial charge in [-0.25, -0.2) is 10.6 Å². The van der Waals surface area contributed by atoms with Crippen LogP contribution >= 0.6 is 12.2 Å². The molecule has 10 heteroatoms. The molecule has 0 aromatic rings. The molecule has 0 radical (unpaired) electrons. The molecule has 2 aliphatic rings. The van der Waals surface area contributed by atoms with E-state index < -0.39 is 37.2 Å². The van der Waals surface area contributed by atoms with E-state index in [9.17, 15) is 15.0 Å². The van der Waals surface area contributed by atoms with Gasteiger partial charge in [0, 0.05) is 0 Å². The third kappa shape index (κ3) is 2.13. The highest BCUT2D eigenvalue weighted by molar-refractivity contribution is 7.80. The Labute approximate surface area is 108 Å². The lowest BCUT2D eigenvalue weighted by atomic mass is 10.1. The second-order valence-electron chi connectivity index (χ2n) is 4.05. The molecule has 9 nitrogen and oxygen atoms in total. The van der Waals surface area contributed by atoms with Crippen molar-refractivity contribution in [3.8, 4) is 0 Å². The molecule has 6 N–H and O–H groups in total. The standard InChI is InChI=1S/C8H14N4O5S/c9-12-2-11(7(16)10-8(12)18)6-5(15)4(14)3(1-13)17-6/h3-6,13-15H,1-2,9H2,(H,10,16,18)/t3-,4?,5?,6-/m0/s1. The zero-order valence-electron chi connectivity index (χ0n) is 9.26. The SMILES string of the molecule is NN1CN([C@H]2O[C@@H](CO)C(O)C2O)C(=O)NC1=S. The molecular weight excluding hydrogens is 264 g/mol. The number of hydrazine groups is 1. The van der Waals surface area contributed by atoms with Gasteiger partial charge in [0.25, 0.3) is 0 Å². The zero-order chi connectivity index (χ0) is 13.4. The number of carbonyl (C=O) groups excluding carboxylic acids is 1. The van der Waals surface area contributed by atoms with E-state index in [2.05, 4.69) is 5.32 Å². The number of hydrogen-bond acceptors (Lipinski definition) is 7. The van der Waals surface area contributed by atoms with Crippen LogP contribution in [0.5, 0.6) is 0 Å². The summed E-state index contributed by atoms with van der Waals surface area (Å²) in [5.41, 5.74) is 0. The first kappa shape index (κ1) is 13.4. The second-order valence-corrected chi connectivity index (χ2v) is 4.43. The molecule has 2 aliphatic heterocycles. The topological polar surface area (TPSA) is 132 Å². The number of thiocarbonyl (C=S) groups is 1. The molecule has 0 aliphatic carbocycles. The van der Waals surface area contributed by atoms with Crippen LogP contribution in [0.3, 0.4) is 0 Å². The molecule has 0 bridgehead atoms. The minimum atomic E-state index is -1.33. The van der Waals surface area contributed by atoms with Crippen LogP contribution in [-0.2, 0) is 4.74 Å². The fourth-order valence-corrected chi connectivity index (χ4v) is 2.01. The highest BCUT2D eigenvalue weighted by atomic mass is 32.1. The lowest BCUT2D eigenvalue weighted by molar-refractivity contribution is -0.0898. The Kier molecular flexibility index (Phi) is 3.66. The molecule has 4 atom stereocenters. The van der Waals surface area contributed by atoms with Crippen molar-refractivity contribution in [3.63, 3.8) is 0 Å². The predicted octanol–water partition coefficient (Wildman–Crippen LogP) is -3.13. The van der Waals surface area contributed by atoms with Gasteiger partial charge in [0.2, 0.25) is 0 Å². The molecular formula is C8H14N4O5S. The monoisotopic (exact) mass is 278 g/mol. The second kappa shape index (κ2) is 4.91. The largest absolute Gasteiger partial charge is 0.394 e. The molecule has 2 saturated heterocycles. The fraction of sp³-hybridized carbons (Fsp3) is 0.750. The normalized spacial score (nSPS) is 37.1. The van der Waals surface area contributed by atoms with Crippen molar-refractivity contribution in [1.29, 1.82) is 0 Å². The van der Waals surface area contributed by atoms with Crippen LogP contribution < -0.4 is 11.2 Å². The molecule has 102 valence electrons. The first-order valence-electron chi connectivity index (χ1n) is 5.22. The van der Waals surface area contributed by atoms with Crippen LogP contribution in [0.4, 0.5) is 4.79 Å². The van der Waals surface area contributed by atoms with Crippen molar-refractivity contribution < 1.29 is 24.9 Å². The summed E-state index contributed by atoms with van der Waals surface area (Å²) in [7, 11) is 0. The lowest BCUT2D eigenvalue weighted by Gasteiger charge is -2.38. The number of urea groups is 1. The number of rotatable bonds is 2. The molecule has 2 heterocycles. The van der Waals surface area contributed by atoms with E-state index >= 15 is 0 Å². The van der Waals surface area contributed by atoms with Crippen molar-refractivity contribution in [3.05, 3.63) is 0 Å². The Hall–Kier alpha value is -1.04. The van der Waals surface area contributed by atoms with E-state index in [-0.39, 0.29) is 11.8 Å². The number of aliphatic hydroxyl groups is 3. The third-order valence-electron chi connectivity index (χ3n) is 2.86. The highest BCUT2D eigenvalue weighted by Crippen LogP contribution is 2.24. The Morgan fingerprint density at radius 3 is 2.72 bits per heavy atom. The number of aliphatic hydroxyl groups excluding tert-OH is 3. The summed E-state index contributed by atoms with van der Waals surface area (Å²) in [6.07, 6.45) is -4.63. The van der Waals surface area contributed by atoms with Crippen molar-refractivity contribution in [2.45, 2.75) is 24.5 Å². The van der Waals surface area contributed by atoms with Crippen molar-refractivity contribution in [2.24, 2.45) is 5.84 Å². The number of ether oxygens (including phenoxy) is 1. The number of nitrogens with two attached hydrogens (primary N) is 1. The molecule has 0 aromatic carbocycles. The predicted molar refractivity (Wildman–Crippen MR) is 61.6 cm³/mol. The molecule has 2 fully saturated rings. The average Bonchev–Trinajstić information content (AvgIpc) is 2.61. The molecule has 18 heavy (non-hydrogen) atoms. The van der Waals surface area contributed by atoms with Gasteiger partial charge in [0.15, 0.2) is 11.3 Å². The quantitative estimate of drug-likeness (QED) is 0.265. The highest BCUT2D eigenvalue weighted by Gasteiger charge is 2.48. The summed E-state index contributed by atoms with van der Waals surface area (Å²) in [5.74, 6) is 5.53. The van der Waals surface area contributed by atoms with E-state index in [0.29, 0.717) is 0 Å². The van der Waals surface area contributed by atoms with Gasteiger partial charge in [0.05, 0.1) is 6.61 Å². The van der Waals surface area contributed by atoms with Crippen LogP contribution in [-0.4, -0.2) is 74.2 Å². The number of amides is 2. The molecule has 0 spiro atoms. The van der Waals surface area contributed by atoms with E-state index in [1.165, 1.54) is 0 Å². The number of nitrogens with one attached hydrogen (secondary N) is 1. The molecule has 2 amide bonds. The zero-order valence-corrected chi connectivity index (χ0v) is 10.1. The van der Waals surface area contributed by atoms with Gasteiger partial charge in [-0.05, 0) is 12.2 Å². The third-order valence-corrected chi connectivity index (χ3v) is 3.20. The smallest absolute Gasteiger partial charge is 0.327 e. The van der Waals surface area contributed by atoms with Gasteiger partial charge in [-0.3, -0.25) is 15.2 Å². The summed E-state index contributed by atoms with van der Waals surface area (Å²) in [4.78, 5) is 12.8. The first-order chi connectivity index (χ1) is 8.45. The Morgan fingerprint density at radius 2 is 2.17 bits per heavy atom. The van der Waals surface area contributed by atoms with Gasteiger partial charge in [-0.15, -0.1) is 0 Å². The van der Waals surface area contributed by atoms with E-state index in [1.807, 2.05) is 0 Å². The molecule has 0 saturated carbocycles. The van der Waals surface area contributed by atoms with Crippen LogP contribution in [0.1, 0.15) is 0 Å². The van der Waals surface area contributed by atoms with Gasteiger partial charge in [-0.2, -0.15) is 0 Å². The average molecular weight is 278 g/mol. The van der Waals surface area contributed by atoms with Gasteiger partial charge in [-0.1, -0.05) is 0 Å². The van der Waals surface area contributed by atoms with Gasteiger partial charge < -0.3 is 20.1 Å². The Morgan fingerprint density at radius 1 is 1.50 bits per heavy atom. The van der Waals surface area contributed by atoms with Crippen molar-refractivity contribution in [2.75, 3.05) is 13.3 Å². The summed E-state index contributed by atoms with van der Waals surface area (Å²) < 4.78 is 5.22. The van der Waals surface area contributed by atoms with E-state index in [1.54, 1.807) is 0 Å². The maximum absolute atomic E-state index is 11.7. The number of nitrogens with zero attached hydrogens (tertiary/aromatic N) is 2. The Bertz CT molecular complexity index is 369. The summed E-state index contributed by atoms with van der Waals surface area (Å²) in [6.45, 7) is -0.549. The molecule has 2 unspecified atom stereocenters. The molecule has 0 aromatic heterocycles. The summed E-state index contributed by atoms with van der Waals surface area (Å²) >= 11 is 4.78. The van der Waals surface area contributed by atoms with Gasteiger partial charge >= 0.3 is 6.03 Å². The number of carbonyl (C=O) groups is 1. The first-order valence-corrected chi connectivity index (χ1v) is 5.62. The minimum Gasteiger partial charge on any atom is -0.394 e. The van der Waals surface area contributed by atoms with Crippen LogP contribution in [0.2, 0.25) is 0 Å². The number of hydrogen-bond donors (Lipinski definition) is 5. The maximum atomic E-state index is 11.7. The van der Waals surface area contributed by atoms with Crippen molar-refractivity contribution >= 4 is 23.4 Å². The summed E-state index contributed by atoms with van der Waals surface area (Å²) in [6, 6.07) is -0.587. The van der Waals surface area contributed by atoms with E-state index in [0.717, 1.165) is 9.91 Å². The van der Waals surface area contributed by atoms with Crippen LogP contribution in [0.25, 0.3) is 0 Å². The molecule has 2 rings (SSSR count).